The number of hydrogen-bond donors (Lipinski definition) is 0. The van der Waals surface area contributed by atoms with E-state index in [-0.39, 0.29) is 5.54 Å². The lowest BCUT2D eigenvalue weighted by Crippen LogP contribution is -2.48. The Morgan fingerprint density at radius 2 is 1.86 bits per heavy atom. The van der Waals surface area contributed by atoms with Crippen molar-refractivity contribution >= 4 is 5.78 Å². The van der Waals surface area contributed by atoms with E-state index in [1.165, 1.54) is 12.8 Å². The fraction of sp³-hybridized carbons (Fsp3) is 0.917. The molecule has 0 aromatic carbocycles. The molecule has 0 radical (unpaired) electrons. The molecule has 2 heteroatoms. The largest absolute Gasteiger partial charge is 0.298 e. The number of rotatable bonds is 5. The van der Waals surface area contributed by atoms with Gasteiger partial charge in [-0.2, -0.15) is 0 Å². The predicted octanol–water partition coefficient (Wildman–Crippen LogP) is 2.62. The van der Waals surface area contributed by atoms with Gasteiger partial charge in [-0.3, -0.25) is 9.69 Å². The van der Waals surface area contributed by atoms with Gasteiger partial charge in [0.2, 0.25) is 0 Å². The molecular weight excluding hydrogens is 174 g/mol. The van der Waals surface area contributed by atoms with E-state index < -0.39 is 0 Å². The highest BCUT2D eigenvalue weighted by Crippen LogP contribution is 2.23. The summed E-state index contributed by atoms with van der Waals surface area (Å²) in [4.78, 5) is 14.3. The normalized spacial score (nSPS) is 18.8. The van der Waals surface area contributed by atoms with Crippen molar-refractivity contribution in [3.63, 3.8) is 0 Å². The Morgan fingerprint density at radius 3 is 2.36 bits per heavy atom. The van der Waals surface area contributed by atoms with E-state index in [4.69, 9.17) is 0 Å². The molecule has 0 saturated carbocycles. The molecule has 2 nitrogen and oxygen atoms in total. The Labute approximate surface area is 87.7 Å². The van der Waals surface area contributed by atoms with Crippen molar-refractivity contribution in [3.05, 3.63) is 0 Å². The molecule has 1 heterocycles. The third kappa shape index (κ3) is 2.57. The van der Waals surface area contributed by atoms with Crippen LogP contribution in [-0.2, 0) is 4.79 Å². The van der Waals surface area contributed by atoms with E-state index >= 15 is 0 Å². The minimum absolute atomic E-state index is 0.217. The van der Waals surface area contributed by atoms with Crippen LogP contribution in [0.5, 0.6) is 0 Å². The van der Waals surface area contributed by atoms with Gasteiger partial charge in [-0.05, 0) is 46.2 Å². The number of nitrogens with zero attached hydrogens (tertiary/aromatic N) is 1. The Bertz CT molecular complexity index is 192. The van der Waals surface area contributed by atoms with Crippen molar-refractivity contribution in [2.75, 3.05) is 13.1 Å². The number of hydrogen-bond acceptors (Lipinski definition) is 2. The zero-order valence-corrected chi connectivity index (χ0v) is 9.81. The third-order valence-corrected chi connectivity index (χ3v) is 3.34. The molecule has 0 aliphatic carbocycles. The van der Waals surface area contributed by atoms with Crippen LogP contribution < -0.4 is 0 Å². The molecule has 1 aliphatic rings. The lowest BCUT2D eigenvalue weighted by molar-refractivity contribution is -0.128. The topological polar surface area (TPSA) is 20.3 Å². The Kier molecular flexibility index (Phi) is 4.11. The van der Waals surface area contributed by atoms with Crippen LogP contribution in [0.15, 0.2) is 0 Å². The van der Waals surface area contributed by atoms with Crippen LogP contribution in [0.4, 0.5) is 0 Å². The van der Waals surface area contributed by atoms with Gasteiger partial charge in [-0.1, -0.05) is 13.3 Å². The monoisotopic (exact) mass is 197 g/mol. The number of Topliss-reactive ketones (excluding diaryl/α,β-unsaturated/α-hetero) is 1. The Balaban J connectivity index is 2.49. The Hall–Kier alpha value is -0.370. The summed E-state index contributed by atoms with van der Waals surface area (Å²) in [6.45, 7) is 8.50. The first-order valence-electron chi connectivity index (χ1n) is 5.87. The van der Waals surface area contributed by atoms with Crippen molar-refractivity contribution in [1.29, 1.82) is 0 Å². The SMILES string of the molecule is CCCCC(=O)C(C)(C)N1CCCC1. The second kappa shape index (κ2) is 4.92. The third-order valence-electron chi connectivity index (χ3n) is 3.34. The van der Waals surface area contributed by atoms with E-state index in [1.807, 2.05) is 0 Å². The van der Waals surface area contributed by atoms with Gasteiger partial charge >= 0.3 is 0 Å². The molecule has 0 aromatic heterocycles. The quantitative estimate of drug-likeness (QED) is 0.675. The van der Waals surface area contributed by atoms with E-state index in [9.17, 15) is 4.79 Å². The zero-order chi connectivity index (χ0) is 10.6. The summed E-state index contributed by atoms with van der Waals surface area (Å²) in [7, 11) is 0. The van der Waals surface area contributed by atoms with Crippen molar-refractivity contribution in [3.8, 4) is 0 Å². The first-order chi connectivity index (χ1) is 6.59. The number of ketones is 1. The minimum atomic E-state index is -0.217. The van der Waals surface area contributed by atoms with E-state index in [0.717, 1.165) is 32.4 Å². The highest BCUT2D eigenvalue weighted by atomic mass is 16.1. The van der Waals surface area contributed by atoms with Crippen molar-refractivity contribution < 1.29 is 4.79 Å². The summed E-state index contributed by atoms with van der Waals surface area (Å²) in [5.74, 6) is 0.418. The first kappa shape index (κ1) is 11.7. The molecule has 0 unspecified atom stereocenters. The van der Waals surface area contributed by atoms with E-state index in [0.29, 0.717) is 5.78 Å². The van der Waals surface area contributed by atoms with Crippen LogP contribution in [0.1, 0.15) is 52.9 Å². The van der Waals surface area contributed by atoms with Crippen LogP contribution in [0.3, 0.4) is 0 Å². The van der Waals surface area contributed by atoms with Crippen LogP contribution in [-0.4, -0.2) is 29.3 Å². The van der Waals surface area contributed by atoms with Gasteiger partial charge in [0.1, 0.15) is 0 Å². The molecule has 0 atom stereocenters. The molecule has 0 bridgehead atoms. The van der Waals surface area contributed by atoms with Gasteiger partial charge in [0.25, 0.3) is 0 Å². The first-order valence-corrected chi connectivity index (χ1v) is 5.87. The van der Waals surface area contributed by atoms with E-state index in [1.54, 1.807) is 0 Å². The molecule has 0 amide bonds. The molecule has 82 valence electrons. The van der Waals surface area contributed by atoms with E-state index in [2.05, 4.69) is 25.7 Å². The van der Waals surface area contributed by atoms with Gasteiger partial charge in [-0.25, -0.2) is 0 Å². The van der Waals surface area contributed by atoms with Gasteiger partial charge in [0, 0.05) is 6.42 Å². The van der Waals surface area contributed by atoms with Gasteiger partial charge in [0.05, 0.1) is 5.54 Å². The molecule has 0 aromatic rings. The molecular formula is C12H23NO. The summed E-state index contributed by atoms with van der Waals surface area (Å²) in [6.07, 6.45) is 5.41. The summed E-state index contributed by atoms with van der Waals surface area (Å²) >= 11 is 0. The maximum Gasteiger partial charge on any atom is 0.152 e. The van der Waals surface area contributed by atoms with Crippen molar-refractivity contribution in [2.45, 2.75) is 58.4 Å². The summed E-state index contributed by atoms with van der Waals surface area (Å²) < 4.78 is 0. The molecule has 0 N–H and O–H groups in total. The molecule has 1 aliphatic heterocycles. The van der Waals surface area contributed by atoms with Gasteiger partial charge in [0.15, 0.2) is 5.78 Å². The van der Waals surface area contributed by atoms with Crippen molar-refractivity contribution in [1.82, 2.24) is 4.90 Å². The lowest BCUT2D eigenvalue weighted by Gasteiger charge is -2.33. The second-order valence-electron chi connectivity index (χ2n) is 4.78. The van der Waals surface area contributed by atoms with Crippen LogP contribution in [0.25, 0.3) is 0 Å². The van der Waals surface area contributed by atoms with Crippen LogP contribution >= 0.6 is 0 Å². The Morgan fingerprint density at radius 1 is 1.29 bits per heavy atom. The molecule has 1 saturated heterocycles. The fourth-order valence-corrected chi connectivity index (χ4v) is 2.10. The molecule has 1 fully saturated rings. The standard InChI is InChI=1S/C12H23NO/c1-4-5-8-11(14)12(2,3)13-9-6-7-10-13/h4-10H2,1-3H3. The lowest BCUT2D eigenvalue weighted by atomic mass is 9.93. The fourth-order valence-electron chi connectivity index (χ4n) is 2.10. The summed E-state index contributed by atoms with van der Waals surface area (Å²) in [5.41, 5.74) is -0.217. The number of unbranched alkanes of at least 4 members (excludes halogenated alkanes) is 1. The minimum Gasteiger partial charge on any atom is -0.298 e. The van der Waals surface area contributed by atoms with Crippen molar-refractivity contribution in [2.24, 2.45) is 0 Å². The van der Waals surface area contributed by atoms with Crippen LogP contribution in [0.2, 0.25) is 0 Å². The van der Waals surface area contributed by atoms with Gasteiger partial charge in [-0.15, -0.1) is 0 Å². The maximum absolute atomic E-state index is 12.0. The number of carbonyl (C=O) groups excluding carboxylic acids is 1. The average Bonchev–Trinajstić information content (AvgIpc) is 2.67. The predicted molar refractivity (Wildman–Crippen MR) is 59.4 cm³/mol. The molecule has 1 rings (SSSR count). The number of likely N-dealkylation sites (tertiary alicyclic amines) is 1. The highest BCUT2D eigenvalue weighted by Gasteiger charge is 2.34. The summed E-state index contributed by atoms with van der Waals surface area (Å²) in [6, 6.07) is 0. The second-order valence-corrected chi connectivity index (χ2v) is 4.78. The summed E-state index contributed by atoms with van der Waals surface area (Å²) in [5, 5.41) is 0. The average molecular weight is 197 g/mol. The smallest absolute Gasteiger partial charge is 0.152 e. The number of carbonyl (C=O) groups is 1. The zero-order valence-electron chi connectivity index (χ0n) is 9.81. The van der Waals surface area contributed by atoms with Gasteiger partial charge < -0.3 is 0 Å². The molecule has 14 heavy (non-hydrogen) atoms. The highest BCUT2D eigenvalue weighted by molar-refractivity contribution is 5.87. The molecule has 0 spiro atoms. The maximum atomic E-state index is 12.0. The van der Waals surface area contributed by atoms with Crippen LogP contribution in [0, 0.1) is 0 Å².